The van der Waals surface area contributed by atoms with E-state index in [1.54, 1.807) is 19.2 Å². The Morgan fingerprint density at radius 3 is 2.50 bits per heavy atom. The Morgan fingerprint density at radius 2 is 1.77 bits per heavy atom. The molecular formula is C22H25FN6O. The number of benzene rings is 2. The minimum atomic E-state index is -0.203. The number of nitrogens with one attached hydrogen (secondary N) is 1. The number of halogens is 1. The Bertz CT molecular complexity index is 1040. The predicted octanol–water partition coefficient (Wildman–Crippen LogP) is 3.59. The summed E-state index contributed by atoms with van der Waals surface area (Å²) in [4.78, 5) is 12.9. The SMILES string of the molecule is COc1ccc(C)cc1Nc1ncnc(N2CCN(c3ccccc3F)CC2)c1N. The first-order valence-electron chi connectivity index (χ1n) is 9.83. The number of rotatable bonds is 5. The van der Waals surface area contributed by atoms with E-state index in [1.165, 1.54) is 12.4 Å². The summed E-state index contributed by atoms with van der Waals surface area (Å²) in [5.41, 5.74) is 9.40. The fourth-order valence-corrected chi connectivity index (χ4v) is 3.65. The van der Waals surface area contributed by atoms with Crippen LogP contribution in [0.4, 0.5) is 33.1 Å². The van der Waals surface area contributed by atoms with E-state index in [4.69, 9.17) is 10.5 Å². The highest BCUT2D eigenvalue weighted by atomic mass is 19.1. The van der Waals surface area contributed by atoms with E-state index >= 15 is 0 Å². The zero-order valence-electron chi connectivity index (χ0n) is 17.1. The molecule has 30 heavy (non-hydrogen) atoms. The number of nitrogens with two attached hydrogens (primary N) is 1. The van der Waals surface area contributed by atoms with Crippen LogP contribution in [0.1, 0.15) is 5.56 Å². The van der Waals surface area contributed by atoms with Gasteiger partial charge in [-0.1, -0.05) is 18.2 Å². The number of hydrogen-bond donors (Lipinski definition) is 2. The molecule has 0 radical (unpaired) electrons. The molecule has 3 aromatic rings. The Labute approximate surface area is 175 Å². The first kappa shape index (κ1) is 19.8. The fraction of sp³-hybridized carbons (Fsp3) is 0.273. The number of ether oxygens (including phenoxy) is 1. The number of nitrogens with zero attached hydrogens (tertiary/aromatic N) is 4. The van der Waals surface area contributed by atoms with Crippen molar-refractivity contribution in [3.8, 4) is 5.75 Å². The summed E-state index contributed by atoms with van der Waals surface area (Å²) in [7, 11) is 1.62. The van der Waals surface area contributed by atoms with Gasteiger partial charge in [-0.15, -0.1) is 0 Å². The molecule has 156 valence electrons. The molecule has 1 aliphatic rings. The normalized spacial score (nSPS) is 14.0. The summed E-state index contributed by atoms with van der Waals surface area (Å²) in [6.07, 6.45) is 1.50. The Hall–Kier alpha value is -3.55. The van der Waals surface area contributed by atoms with E-state index < -0.39 is 0 Å². The smallest absolute Gasteiger partial charge is 0.159 e. The monoisotopic (exact) mass is 408 g/mol. The van der Waals surface area contributed by atoms with Crippen LogP contribution in [-0.2, 0) is 0 Å². The molecule has 0 bridgehead atoms. The second-order valence-corrected chi connectivity index (χ2v) is 7.21. The average molecular weight is 408 g/mol. The van der Waals surface area contributed by atoms with E-state index in [9.17, 15) is 4.39 Å². The largest absolute Gasteiger partial charge is 0.495 e. The topological polar surface area (TPSA) is 79.5 Å². The highest BCUT2D eigenvalue weighted by Gasteiger charge is 2.23. The van der Waals surface area contributed by atoms with Crippen molar-refractivity contribution in [3.05, 3.63) is 60.2 Å². The molecule has 8 heteroatoms. The third-order valence-corrected chi connectivity index (χ3v) is 5.24. The van der Waals surface area contributed by atoms with E-state index in [0.717, 1.165) is 11.3 Å². The lowest BCUT2D eigenvalue weighted by Crippen LogP contribution is -2.47. The number of aromatic nitrogens is 2. The van der Waals surface area contributed by atoms with Crippen LogP contribution in [0.5, 0.6) is 5.75 Å². The van der Waals surface area contributed by atoms with E-state index in [1.807, 2.05) is 36.1 Å². The van der Waals surface area contributed by atoms with Gasteiger partial charge in [0.15, 0.2) is 11.6 Å². The van der Waals surface area contributed by atoms with Gasteiger partial charge in [0.25, 0.3) is 0 Å². The number of piperazine rings is 1. The van der Waals surface area contributed by atoms with Crippen LogP contribution in [0.3, 0.4) is 0 Å². The van der Waals surface area contributed by atoms with Crippen molar-refractivity contribution in [1.29, 1.82) is 0 Å². The van der Waals surface area contributed by atoms with Gasteiger partial charge in [-0.2, -0.15) is 0 Å². The summed E-state index contributed by atoms with van der Waals surface area (Å²) < 4.78 is 19.5. The van der Waals surface area contributed by atoms with Crippen LogP contribution in [0, 0.1) is 12.7 Å². The molecule has 1 aliphatic heterocycles. The van der Waals surface area contributed by atoms with Gasteiger partial charge in [-0.25, -0.2) is 14.4 Å². The van der Waals surface area contributed by atoms with E-state index in [0.29, 0.717) is 54.9 Å². The van der Waals surface area contributed by atoms with Crippen molar-refractivity contribution in [2.75, 3.05) is 54.1 Å². The summed E-state index contributed by atoms with van der Waals surface area (Å²) >= 11 is 0. The maximum Gasteiger partial charge on any atom is 0.159 e. The van der Waals surface area contributed by atoms with Gasteiger partial charge in [0, 0.05) is 26.2 Å². The van der Waals surface area contributed by atoms with Gasteiger partial charge in [-0.3, -0.25) is 0 Å². The number of para-hydroxylation sites is 1. The van der Waals surface area contributed by atoms with Crippen molar-refractivity contribution >= 4 is 28.7 Å². The standard InChI is InChI=1S/C22H25FN6O/c1-15-7-8-19(30-2)17(13-15)27-21-20(24)22(26-14-25-21)29-11-9-28(10-12-29)18-6-4-3-5-16(18)23/h3-8,13-14H,9-12,24H2,1-2H3,(H,25,26,27). The molecule has 0 atom stereocenters. The molecule has 4 rings (SSSR count). The average Bonchev–Trinajstić information content (AvgIpc) is 2.76. The first-order valence-corrected chi connectivity index (χ1v) is 9.83. The lowest BCUT2D eigenvalue weighted by molar-refractivity contribution is 0.416. The second kappa shape index (κ2) is 8.44. The molecule has 1 saturated heterocycles. The molecule has 7 nitrogen and oxygen atoms in total. The zero-order chi connectivity index (χ0) is 21.1. The van der Waals surface area contributed by atoms with E-state index in [-0.39, 0.29) is 5.82 Å². The second-order valence-electron chi connectivity index (χ2n) is 7.21. The molecule has 0 spiro atoms. The summed E-state index contributed by atoms with van der Waals surface area (Å²) in [5.74, 6) is 1.71. The number of nitrogen functional groups attached to an aromatic ring is 1. The maximum absolute atomic E-state index is 14.1. The van der Waals surface area contributed by atoms with Crippen molar-refractivity contribution in [2.24, 2.45) is 0 Å². The van der Waals surface area contributed by atoms with Gasteiger partial charge < -0.3 is 25.6 Å². The van der Waals surface area contributed by atoms with Crippen molar-refractivity contribution < 1.29 is 9.13 Å². The highest BCUT2D eigenvalue weighted by Crippen LogP contribution is 2.33. The van der Waals surface area contributed by atoms with Gasteiger partial charge >= 0.3 is 0 Å². The number of anilines is 5. The number of aryl methyl sites for hydroxylation is 1. The Morgan fingerprint density at radius 1 is 1.03 bits per heavy atom. The van der Waals surface area contributed by atoms with Crippen LogP contribution < -0.4 is 25.6 Å². The minimum Gasteiger partial charge on any atom is -0.495 e. The van der Waals surface area contributed by atoms with E-state index in [2.05, 4.69) is 20.2 Å². The lowest BCUT2D eigenvalue weighted by atomic mass is 10.2. The Balaban J connectivity index is 1.52. The molecule has 2 heterocycles. The third-order valence-electron chi connectivity index (χ3n) is 5.24. The van der Waals surface area contributed by atoms with Gasteiger partial charge in [0.05, 0.1) is 18.5 Å². The van der Waals surface area contributed by atoms with Crippen LogP contribution in [-0.4, -0.2) is 43.3 Å². The number of hydrogen-bond acceptors (Lipinski definition) is 7. The van der Waals surface area contributed by atoms with Crippen LogP contribution in [0.2, 0.25) is 0 Å². The van der Waals surface area contributed by atoms with Crippen LogP contribution in [0.25, 0.3) is 0 Å². The fourth-order valence-electron chi connectivity index (χ4n) is 3.65. The Kier molecular flexibility index (Phi) is 5.56. The maximum atomic E-state index is 14.1. The molecule has 2 aromatic carbocycles. The summed E-state index contributed by atoms with van der Waals surface area (Å²) in [6, 6.07) is 12.7. The minimum absolute atomic E-state index is 0.203. The summed E-state index contributed by atoms with van der Waals surface area (Å²) in [6.45, 7) is 4.73. The van der Waals surface area contributed by atoms with Crippen LogP contribution >= 0.6 is 0 Å². The molecule has 0 aliphatic carbocycles. The molecule has 1 fully saturated rings. The molecule has 0 amide bonds. The highest BCUT2D eigenvalue weighted by molar-refractivity contribution is 5.80. The molecule has 0 saturated carbocycles. The predicted molar refractivity (Wildman–Crippen MR) is 118 cm³/mol. The van der Waals surface area contributed by atoms with Crippen molar-refractivity contribution in [1.82, 2.24) is 9.97 Å². The first-order chi connectivity index (χ1) is 14.6. The van der Waals surface area contributed by atoms with Gasteiger partial charge in [0.2, 0.25) is 0 Å². The van der Waals surface area contributed by atoms with Gasteiger partial charge in [0.1, 0.15) is 23.6 Å². The third kappa shape index (κ3) is 3.94. The van der Waals surface area contributed by atoms with Crippen LogP contribution in [0.15, 0.2) is 48.8 Å². The molecule has 3 N–H and O–H groups in total. The van der Waals surface area contributed by atoms with Gasteiger partial charge in [-0.05, 0) is 36.8 Å². The molecule has 1 aromatic heterocycles. The quantitative estimate of drug-likeness (QED) is 0.668. The van der Waals surface area contributed by atoms with Crippen molar-refractivity contribution in [2.45, 2.75) is 6.92 Å². The molecule has 0 unspecified atom stereocenters. The summed E-state index contributed by atoms with van der Waals surface area (Å²) in [5, 5.41) is 3.27. The molecular weight excluding hydrogens is 383 g/mol. The van der Waals surface area contributed by atoms with Crippen molar-refractivity contribution in [3.63, 3.8) is 0 Å². The lowest BCUT2D eigenvalue weighted by Gasteiger charge is -2.37. The zero-order valence-corrected chi connectivity index (χ0v) is 17.1. The number of methoxy groups -OCH3 is 1.